The van der Waals surface area contributed by atoms with Crippen LogP contribution in [-0.4, -0.2) is 11.1 Å². The standard InChI is InChI=1S/C17H13FO3/c1-10-14(6-11-4-5-21-9-11)13-3-2-12(18)7-16(13)15(10)8-17(19)20/h2-7,9H,8H2,1H3,(H,19,20)/b14-6-. The molecular formula is C17H13FO3. The van der Waals surface area contributed by atoms with Crippen LogP contribution >= 0.6 is 0 Å². The van der Waals surface area contributed by atoms with Crippen molar-refractivity contribution in [3.05, 3.63) is 64.9 Å². The lowest BCUT2D eigenvalue weighted by atomic mass is 10.0. The Balaban J connectivity index is 2.18. The van der Waals surface area contributed by atoms with E-state index >= 15 is 0 Å². The van der Waals surface area contributed by atoms with Gasteiger partial charge in [-0.2, -0.15) is 0 Å². The van der Waals surface area contributed by atoms with Gasteiger partial charge in [-0.15, -0.1) is 0 Å². The molecule has 1 aromatic heterocycles. The van der Waals surface area contributed by atoms with Gasteiger partial charge in [0.2, 0.25) is 0 Å². The molecule has 2 aromatic rings. The summed E-state index contributed by atoms with van der Waals surface area (Å²) in [5.41, 5.74) is 4.82. The van der Waals surface area contributed by atoms with Gasteiger partial charge < -0.3 is 9.52 Å². The molecule has 0 bridgehead atoms. The zero-order valence-corrected chi connectivity index (χ0v) is 11.4. The van der Waals surface area contributed by atoms with E-state index < -0.39 is 5.97 Å². The van der Waals surface area contributed by atoms with E-state index in [4.69, 9.17) is 9.52 Å². The topological polar surface area (TPSA) is 50.4 Å². The molecule has 0 atom stereocenters. The molecule has 0 saturated carbocycles. The van der Waals surface area contributed by atoms with Crippen LogP contribution < -0.4 is 0 Å². The summed E-state index contributed by atoms with van der Waals surface area (Å²) < 4.78 is 18.5. The Morgan fingerprint density at radius 1 is 1.33 bits per heavy atom. The number of rotatable bonds is 3. The van der Waals surface area contributed by atoms with Crippen LogP contribution in [0.3, 0.4) is 0 Å². The number of halogens is 1. The summed E-state index contributed by atoms with van der Waals surface area (Å²) >= 11 is 0. The summed E-state index contributed by atoms with van der Waals surface area (Å²) in [4.78, 5) is 11.1. The van der Waals surface area contributed by atoms with E-state index in [1.165, 1.54) is 12.1 Å². The number of carboxylic acid groups (broad SMARTS) is 1. The Morgan fingerprint density at radius 3 is 2.81 bits per heavy atom. The summed E-state index contributed by atoms with van der Waals surface area (Å²) in [6.07, 6.45) is 4.98. The highest BCUT2D eigenvalue weighted by Gasteiger charge is 2.25. The van der Waals surface area contributed by atoms with Crippen molar-refractivity contribution in [2.75, 3.05) is 0 Å². The number of hydrogen-bond donors (Lipinski definition) is 1. The molecule has 0 radical (unpaired) electrons. The average molecular weight is 284 g/mol. The molecule has 1 N–H and O–H groups in total. The quantitative estimate of drug-likeness (QED) is 0.918. The minimum absolute atomic E-state index is 0.120. The molecule has 1 aliphatic carbocycles. The smallest absolute Gasteiger partial charge is 0.307 e. The second-order valence-electron chi connectivity index (χ2n) is 4.98. The van der Waals surface area contributed by atoms with Gasteiger partial charge in [0, 0.05) is 5.56 Å². The average Bonchev–Trinajstić information content (AvgIpc) is 3.01. The van der Waals surface area contributed by atoms with Gasteiger partial charge in [0.15, 0.2) is 0 Å². The fraction of sp³-hybridized carbons (Fsp3) is 0.118. The van der Waals surface area contributed by atoms with Crippen molar-refractivity contribution in [3.8, 4) is 0 Å². The van der Waals surface area contributed by atoms with E-state index in [0.717, 1.165) is 22.3 Å². The Kier molecular flexibility index (Phi) is 3.22. The molecule has 1 aliphatic rings. The molecule has 0 saturated heterocycles. The Bertz CT molecular complexity index is 767. The summed E-state index contributed by atoms with van der Waals surface area (Å²) in [6.45, 7) is 1.86. The predicted octanol–water partition coefficient (Wildman–Crippen LogP) is 4.22. The molecule has 4 heteroatoms. The second kappa shape index (κ2) is 5.05. The number of furan rings is 1. The number of allylic oxidation sites excluding steroid dienone is 2. The monoisotopic (exact) mass is 284 g/mol. The molecule has 0 spiro atoms. The fourth-order valence-electron chi connectivity index (χ4n) is 2.66. The largest absolute Gasteiger partial charge is 0.481 e. The molecule has 1 aromatic carbocycles. The molecular weight excluding hydrogens is 271 g/mol. The third-order valence-electron chi connectivity index (χ3n) is 3.64. The van der Waals surface area contributed by atoms with Crippen LogP contribution in [0.5, 0.6) is 0 Å². The lowest BCUT2D eigenvalue weighted by molar-refractivity contribution is -0.135. The van der Waals surface area contributed by atoms with Gasteiger partial charge in [0.25, 0.3) is 0 Å². The van der Waals surface area contributed by atoms with Crippen LogP contribution in [-0.2, 0) is 4.79 Å². The first-order valence-electron chi connectivity index (χ1n) is 6.52. The van der Waals surface area contributed by atoms with Gasteiger partial charge in [0.05, 0.1) is 18.9 Å². The molecule has 21 heavy (non-hydrogen) atoms. The van der Waals surface area contributed by atoms with E-state index in [1.54, 1.807) is 18.6 Å². The molecule has 0 fully saturated rings. The van der Waals surface area contributed by atoms with Crippen LogP contribution in [0.15, 0.2) is 46.8 Å². The molecule has 3 rings (SSSR count). The first kappa shape index (κ1) is 13.4. The lowest BCUT2D eigenvalue weighted by Crippen LogP contribution is -1.97. The van der Waals surface area contributed by atoms with Crippen molar-refractivity contribution in [2.45, 2.75) is 13.3 Å². The number of fused-ring (bicyclic) bond motifs is 1. The van der Waals surface area contributed by atoms with Gasteiger partial charge in [-0.3, -0.25) is 4.79 Å². The van der Waals surface area contributed by atoms with Crippen LogP contribution in [0.25, 0.3) is 17.2 Å². The van der Waals surface area contributed by atoms with Crippen molar-refractivity contribution >= 4 is 23.2 Å². The molecule has 0 aliphatic heterocycles. The molecule has 1 heterocycles. The van der Waals surface area contributed by atoms with Crippen LogP contribution in [0, 0.1) is 5.82 Å². The van der Waals surface area contributed by atoms with Gasteiger partial charge >= 0.3 is 5.97 Å². The first-order valence-corrected chi connectivity index (χ1v) is 6.52. The highest BCUT2D eigenvalue weighted by Crippen LogP contribution is 2.43. The molecule has 3 nitrogen and oxygen atoms in total. The summed E-state index contributed by atoms with van der Waals surface area (Å²) in [5, 5.41) is 9.07. The zero-order chi connectivity index (χ0) is 15.0. The summed E-state index contributed by atoms with van der Waals surface area (Å²) in [5.74, 6) is -1.29. The van der Waals surface area contributed by atoms with E-state index in [1.807, 2.05) is 19.1 Å². The highest BCUT2D eigenvalue weighted by atomic mass is 19.1. The zero-order valence-electron chi connectivity index (χ0n) is 11.4. The maximum absolute atomic E-state index is 13.5. The number of hydrogen-bond acceptors (Lipinski definition) is 2. The number of carboxylic acids is 1. The van der Waals surface area contributed by atoms with Crippen molar-refractivity contribution in [1.82, 2.24) is 0 Å². The third kappa shape index (κ3) is 2.40. The van der Waals surface area contributed by atoms with Gasteiger partial charge in [0.1, 0.15) is 5.82 Å². The first-order chi connectivity index (χ1) is 10.1. The van der Waals surface area contributed by atoms with Crippen LogP contribution in [0.4, 0.5) is 4.39 Å². The maximum Gasteiger partial charge on any atom is 0.307 e. The summed E-state index contributed by atoms with van der Waals surface area (Å²) in [6, 6.07) is 6.29. The predicted molar refractivity (Wildman–Crippen MR) is 77.8 cm³/mol. The number of aliphatic carboxylic acids is 1. The third-order valence-corrected chi connectivity index (χ3v) is 3.64. The molecule has 0 amide bonds. The van der Waals surface area contributed by atoms with Gasteiger partial charge in [-0.05, 0) is 59.0 Å². The van der Waals surface area contributed by atoms with E-state index in [9.17, 15) is 9.18 Å². The number of benzene rings is 1. The van der Waals surface area contributed by atoms with Crippen molar-refractivity contribution in [3.63, 3.8) is 0 Å². The molecule has 106 valence electrons. The lowest BCUT2D eigenvalue weighted by Gasteiger charge is -2.03. The maximum atomic E-state index is 13.5. The second-order valence-corrected chi connectivity index (χ2v) is 4.98. The Hall–Kier alpha value is -2.62. The number of carbonyl (C=O) groups is 1. The van der Waals surface area contributed by atoms with Crippen LogP contribution in [0.2, 0.25) is 0 Å². The minimum atomic E-state index is -0.927. The highest BCUT2D eigenvalue weighted by molar-refractivity contribution is 6.07. The fourth-order valence-corrected chi connectivity index (χ4v) is 2.66. The van der Waals surface area contributed by atoms with Crippen molar-refractivity contribution in [2.24, 2.45) is 0 Å². The Morgan fingerprint density at radius 2 is 2.14 bits per heavy atom. The van der Waals surface area contributed by atoms with Gasteiger partial charge in [-0.1, -0.05) is 6.07 Å². The Labute approximate surface area is 121 Å². The van der Waals surface area contributed by atoms with E-state index in [-0.39, 0.29) is 12.2 Å². The SMILES string of the molecule is CC1=C(CC(=O)O)c2cc(F)ccc2/C1=C\c1ccoc1. The van der Waals surface area contributed by atoms with E-state index in [2.05, 4.69) is 0 Å². The minimum Gasteiger partial charge on any atom is -0.481 e. The summed E-state index contributed by atoms with van der Waals surface area (Å²) in [7, 11) is 0. The van der Waals surface area contributed by atoms with Gasteiger partial charge in [-0.25, -0.2) is 4.39 Å². The normalized spacial score (nSPS) is 15.6. The van der Waals surface area contributed by atoms with Crippen molar-refractivity contribution < 1.29 is 18.7 Å². The van der Waals surface area contributed by atoms with E-state index in [0.29, 0.717) is 11.1 Å². The van der Waals surface area contributed by atoms with Crippen molar-refractivity contribution in [1.29, 1.82) is 0 Å². The molecule has 0 unspecified atom stereocenters. The van der Waals surface area contributed by atoms with Crippen LogP contribution in [0.1, 0.15) is 30.0 Å².